The van der Waals surface area contributed by atoms with Crippen LogP contribution >= 0.6 is 11.5 Å². The molecule has 0 unspecified atom stereocenters. The van der Waals surface area contributed by atoms with Crippen LogP contribution in [0.5, 0.6) is 5.88 Å². The van der Waals surface area contributed by atoms with E-state index in [4.69, 9.17) is 10.5 Å². The van der Waals surface area contributed by atoms with Crippen molar-refractivity contribution < 1.29 is 4.74 Å². The maximum atomic E-state index is 5.63. The van der Waals surface area contributed by atoms with E-state index in [1.54, 1.807) is 13.3 Å². The van der Waals surface area contributed by atoms with Gasteiger partial charge in [0.1, 0.15) is 0 Å². The number of aromatic nitrogens is 3. The summed E-state index contributed by atoms with van der Waals surface area (Å²) in [6.07, 6.45) is 3.51. The molecule has 0 aliphatic heterocycles. The SMILES string of the molecule is COc1cc(Cn2ccnc2N)sn1. The first-order chi connectivity index (χ1) is 6.79. The third-order valence-corrected chi connectivity index (χ3v) is 2.57. The van der Waals surface area contributed by atoms with Gasteiger partial charge in [-0.3, -0.25) is 0 Å². The first-order valence-corrected chi connectivity index (χ1v) is 4.83. The molecule has 0 fully saturated rings. The monoisotopic (exact) mass is 210 g/mol. The van der Waals surface area contributed by atoms with Crippen molar-refractivity contribution in [3.63, 3.8) is 0 Å². The number of hydrogen-bond donors (Lipinski definition) is 1. The highest BCUT2D eigenvalue weighted by molar-refractivity contribution is 7.05. The number of nitrogens with two attached hydrogens (primary N) is 1. The van der Waals surface area contributed by atoms with Crippen molar-refractivity contribution in [3.8, 4) is 5.88 Å². The van der Waals surface area contributed by atoms with Gasteiger partial charge in [-0.05, 0) is 11.5 Å². The summed E-state index contributed by atoms with van der Waals surface area (Å²) in [6, 6.07) is 1.89. The highest BCUT2D eigenvalue weighted by Gasteiger charge is 2.04. The minimum Gasteiger partial charge on any atom is -0.480 e. The molecule has 0 aromatic carbocycles. The molecule has 0 spiro atoms. The van der Waals surface area contributed by atoms with Gasteiger partial charge in [0.05, 0.1) is 13.7 Å². The summed E-state index contributed by atoms with van der Waals surface area (Å²) in [7, 11) is 1.60. The van der Waals surface area contributed by atoms with E-state index >= 15 is 0 Å². The quantitative estimate of drug-likeness (QED) is 0.820. The Bertz CT molecular complexity index is 422. The summed E-state index contributed by atoms with van der Waals surface area (Å²) in [5.74, 6) is 1.15. The van der Waals surface area contributed by atoms with Gasteiger partial charge in [-0.1, -0.05) is 0 Å². The van der Waals surface area contributed by atoms with Crippen LogP contribution in [0.3, 0.4) is 0 Å². The number of methoxy groups -OCH3 is 1. The van der Waals surface area contributed by atoms with Crippen molar-refractivity contribution in [2.24, 2.45) is 0 Å². The molecule has 0 bridgehead atoms. The molecule has 0 atom stereocenters. The Morgan fingerprint density at radius 3 is 3.07 bits per heavy atom. The summed E-state index contributed by atoms with van der Waals surface area (Å²) in [6.45, 7) is 0.687. The molecule has 6 heteroatoms. The normalized spacial score (nSPS) is 10.4. The predicted octanol–water partition coefficient (Wildman–Crippen LogP) is 0.979. The van der Waals surface area contributed by atoms with Gasteiger partial charge in [0.25, 0.3) is 0 Å². The molecular formula is C8H10N4OS. The van der Waals surface area contributed by atoms with Crippen molar-refractivity contribution in [3.05, 3.63) is 23.3 Å². The molecule has 0 saturated heterocycles. The number of hydrogen-bond acceptors (Lipinski definition) is 5. The third kappa shape index (κ3) is 1.69. The number of anilines is 1. The molecule has 2 aromatic heterocycles. The van der Waals surface area contributed by atoms with Crippen LogP contribution in [0.4, 0.5) is 5.95 Å². The highest BCUT2D eigenvalue weighted by Crippen LogP contribution is 2.17. The van der Waals surface area contributed by atoms with Crippen LogP contribution in [0.15, 0.2) is 18.5 Å². The van der Waals surface area contributed by atoms with Gasteiger partial charge >= 0.3 is 0 Å². The smallest absolute Gasteiger partial charge is 0.225 e. The first kappa shape index (κ1) is 9.01. The maximum absolute atomic E-state index is 5.63. The Morgan fingerprint density at radius 2 is 2.50 bits per heavy atom. The fourth-order valence-electron chi connectivity index (χ4n) is 1.11. The van der Waals surface area contributed by atoms with E-state index in [0.717, 1.165) is 4.88 Å². The number of imidazole rings is 1. The van der Waals surface area contributed by atoms with Gasteiger partial charge in [-0.15, -0.1) is 0 Å². The summed E-state index contributed by atoms with van der Waals surface area (Å²) in [5.41, 5.74) is 5.63. The van der Waals surface area contributed by atoms with Crippen molar-refractivity contribution in [1.82, 2.24) is 13.9 Å². The predicted molar refractivity (Wildman–Crippen MR) is 54.4 cm³/mol. The van der Waals surface area contributed by atoms with Crippen molar-refractivity contribution in [2.75, 3.05) is 12.8 Å². The van der Waals surface area contributed by atoms with Crippen LogP contribution in [0.25, 0.3) is 0 Å². The largest absolute Gasteiger partial charge is 0.480 e. The summed E-state index contributed by atoms with van der Waals surface area (Å²) < 4.78 is 10.9. The topological polar surface area (TPSA) is 66.0 Å². The van der Waals surface area contributed by atoms with E-state index < -0.39 is 0 Å². The first-order valence-electron chi connectivity index (χ1n) is 4.06. The van der Waals surface area contributed by atoms with Crippen LogP contribution in [0.1, 0.15) is 4.88 Å². The zero-order valence-electron chi connectivity index (χ0n) is 7.67. The second kappa shape index (κ2) is 3.67. The lowest BCUT2D eigenvalue weighted by Gasteiger charge is -1.99. The molecule has 2 aromatic rings. The molecular weight excluding hydrogens is 200 g/mol. The molecule has 74 valence electrons. The van der Waals surface area contributed by atoms with Crippen molar-refractivity contribution in [1.29, 1.82) is 0 Å². The molecule has 0 radical (unpaired) electrons. The molecule has 0 aliphatic carbocycles. The lowest BCUT2D eigenvalue weighted by Crippen LogP contribution is -2.02. The van der Waals surface area contributed by atoms with E-state index in [0.29, 0.717) is 18.4 Å². The number of ether oxygens (including phenoxy) is 1. The second-order valence-electron chi connectivity index (χ2n) is 2.75. The molecule has 2 N–H and O–H groups in total. The minimum atomic E-state index is 0.511. The molecule has 5 nitrogen and oxygen atoms in total. The van der Waals surface area contributed by atoms with Crippen LogP contribution in [0.2, 0.25) is 0 Å². The molecule has 2 rings (SSSR count). The Morgan fingerprint density at radius 1 is 1.64 bits per heavy atom. The highest BCUT2D eigenvalue weighted by atomic mass is 32.1. The van der Waals surface area contributed by atoms with Crippen LogP contribution in [-0.2, 0) is 6.54 Å². The lowest BCUT2D eigenvalue weighted by molar-refractivity contribution is 0.402. The average Bonchev–Trinajstić information content (AvgIpc) is 2.77. The van der Waals surface area contributed by atoms with E-state index in [1.807, 2.05) is 16.8 Å². The fraction of sp³-hybridized carbons (Fsp3) is 0.250. The van der Waals surface area contributed by atoms with Gasteiger partial charge in [0, 0.05) is 23.3 Å². The van der Waals surface area contributed by atoms with E-state index in [1.165, 1.54) is 11.5 Å². The number of nitrogens with zero attached hydrogens (tertiary/aromatic N) is 3. The van der Waals surface area contributed by atoms with Crippen LogP contribution in [-0.4, -0.2) is 21.0 Å². The lowest BCUT2D eigenvalue weighted by atomic mass is 10.4. The summed E-state index contributed by atoms with van der Waals surface area (Å²) in [4.78, 5) is 5.02. The third-order valence-electron chi connectivity index (χ3n) is 1.82. The Hall–Kier alpha value is -1.56. The number of nitrogen functional groups attached to an aromatic ring is 1. The minimum absolute atomic E-state index is 0.511. The second-order valence-corrected chi connectivity index (χ2v) is 3.64. The molecule has 2 heterocycles. The van der Waals surface area contributed by atoms with E-state index in [9.17, 15) is 0 Å². The molecule has 0 aliphatic rings. The fourth-order valence-corrected chi connectivity index (χ4v) is 1.79. The Labute approximate surface area is 85.3 Å². The Kier molecular flexibility index (Phi) is 2.36. The standard InChI is InChI=1S/C8H10N4OS/c1-13-7-4-6(14-11-7)5-12-3-2-10-8(12)9/h2-4H,5H2,1H3,(H2,9,10). The number of rotatable bonds is 3. The van der Waals surface area contributed by atoms with Gasteiger partial charge < -0.3 is 15.0 Å². The molecule has 0 saturated carbocycles. The van der Waals surface area contributed by atoms with Gasteiger partial charge in [-0.2, -0.15) is 4.37 Å². The average molecular weight is 210 g/mol. The van der Waals surface area contributed by atoms with Crippen LogP contribution in [0, 0.1) is 0 Å². The maximum Gasteiger partial charge on any atom is 0.225 e. The van der Waals surface area contributed by atoms with Crippen LogP contribution < -0.4 is 10.5 Å². The molecule has 14 heavy (non-hydrogen) atoms. The molecule has 0 amide bonds. The summed E-state index contributed by atoms with van der Waals surface area (Å²) >= 11 is 1.40. The van der Waals surface area contributed by atoms with Crippen molar-refractivity contribution >= 4 is 17.5 Å². The zero-order chi connectivity index (χ0) is 9.97. The van der Waals surface area contributed by atoms with Gasteiger partial charge in [0.15, 0.2) is 5.95 Å². The summed E-state index contributed by atoms with van der Waals surface area (Å²) in [5, 5.41) is 0. The zero-order valence-corrected chi connectivity index (χ0v) is 8.49. The van der Waals surface area contributed by atoms with E-state index in [-0.39, 0.29) is 0 Å². The van der Waals surface area contributed by atoms with E-state index in [2.05, 4.69) is 9.36 Å². The Balaban J connectivity index is 2.15. The van der Waals surface area contributed by atoms with Crippen molar-refractivity contribution in [2.45, 2.75) is 6.54 Å². The van der Waals surface area contributed by atoms with Gasteiger partial charge in [-0.25, -0.2) is 4.98 Å². The van der Waals surface area contributed by atoms with Gasteiger partial charge in [0.2, 0.25) is 5.88 Å².